The number of nitrogens with one attached hydrogen (secondary N) is 1. The van der Waals surface area contributed by atoms with Crippen LogP contribution in [0.4, 0.5) is 14.5 Å². The Morgan fingerprint density at radius 3 is 2.52 bits per heavy atom. The van der Waals surface area contributed by atoms with Gasteiger partial charge in [0.25, 0.3) is 0 Å². The van der Waals surface area contributed by atoms with E-state index in [1.165, 1.54) is 50.3 Å². The fourth-order valence-electron chi connectivity index (χ4n) is 3.66. The Hall–Kier alpha value is -1.16. The molecular formula is C17H24F2N2. The normalized spacial score (nSPS) is 24.3. The van der Waals surface area contributed by atoms with Crippen molar-refractivity contribution < 1.29 is 8.78 Å². The van der Waals surface area contributed by atoms with Crippen LogP contribution in [-0.4, -0.2) is 25.2 Å². The van der Waals surface area contributed by atoms with E-state index in [4.69, 9.17) is 0 Å². The van der Waals surface area contributed by atoms with Gasteiger partial charge in [-0.2, -0.15) is 0 Å². The zero-order valence-electron chi connectivity index (χ0n) is 12.5. The van der Waals surface area contributed by atoms with Gasteiger partial charge in [0, 0.05) is 31.2 Å². The van der Waals surface area contributed by atoms with Gasteiger partial charge in [-0.05, 0) is 37.8 Å². The monoisotopic (exact) mass is 294 g/mol. The minimum Gasteiger partial charge on any atom is -0.368 e. The molecule has 1 aliphatic heterocycles. The molecule has 1 saturated heterocycles. The highest BCUT2D eigenvalue weighted by molar-refractivity contribution is 5.48. The second kappa shape index (κ2) is 6.73. The maximum atomic E-state index is 13.9. The minimum absolute atomic E-state index is 0.324. The Morgan fingerprint density at radius 1 is 0.952 bits per heavy atom. The summed E-state index contributed by atoms with van der Waals surface area (Å²) < 4.78 is 27.3. The molecule has 0 bridgehead atoms. The topological polar surface area (TPSA) is 15.3 Å². The molecule has 21 heavy (non-hydrogen) atoms. The molecule has 1 aromatic rings. The first-order valence-electron chi connectivity index (χ1n) is 8.18. The van der Waals surface area contributed by atoms with E-state index in [0.717, 1.165) is 25.9 Å². The number of hydrogen-bond acceptors (Lipinski definition) is 2. The fraction of sp³-hybridized carbons (Fsp3) is 0.647. The second-order valence-electron chi connectivity index (χ2n) is 6.38. The third kappa shape index (κ3) is 3.73. The van der Waals surface area contributed by atoms with Crippen LogP contribution in [0.25, 0.3) is 0 Å². The number of halogens is 2. The molecule has 2 nitrogen and oxygen atoms in total. The molecule has 0 aromatic heterocycles. The molecule has 116 valence electrons. The molecule has 3 rings (SSSR count). The van der Waals surface area contributed by atoms with Crippen molar-refractivity contribution in [1.82, 2.24) is 5.32 Å². The number of rotatable bonds is 3. The summed E-state index contributed by atoms with van der Waals surface area (Å²) in [7, 11) is 0. The average Bonchev–Trinajstić information content (AvgIpc) is 2.51. The highest BCUT2D eigenvalue weighted by Crippen LogP contribution is 2.25. The summed E-state index contributed by atoms with van der Waals surface area (Å²) in [6.07, 6.45) is 8.64. The molecule has 2 aliphatic rings. The number of hydrogen-bond donors (Lipinski definition) is 1. The molecule has 1 N–H and O–H groups in total. The summed E-state index contributed by atoms with van der Waals surface area (Å²) in [6.45, 7) is 1.58. The van der Waals surface area contributed by atoms with Crippen molar-refractivity contribution in [2.45, 2.75) is 57.0 Å². The Balaban J connectivity index is 1.63. The zero-order chi connectivity index (χ0) is 14.7. The molecule has 1 unspecified atom stereocenters. The van der Waals surface area contributed by atoms with Crippen molar-refractivity contribution >= 4 is 5.69 Å². The largest absolute Gasteiger partial charge is 0.368 e. The molecule has 1 atom stereocenters. The van der Waals surface area contributed by atoms with Crippen LogP contribution in [-0.2, 0) is 0 Å². The van der Waals surface area contributed by atoms with Crippen LogP contribution >= 0.6 is 0 Å². The van der Waals surface area contributed by atoms with Gasteiger partial charge in [-0.3, -0.25) is 0 Å². The van der Waals surface area contributed by atoms with Gasteiger partial charge in [-0.25, -0.2) is 8.78 Å². The fourth-order valence-corrected chi connectivity index (χ4v) is 3.66. The molecule has 0 amide bonds. The predicted molar refractivity (Wildman–Crippen MR) is 81.6 cm³/mol. The predicted octanol–water partition coefficient (Wildman–Crippen LogP) is 3.86. The van der Waals surface area contributed by atoms with Gasteiger partial charge in [0.2, 0.25) is 0 Å². The Labute approximate surface area is 125 Å². The maximum absolute atomic E-state index is 13.9. The smallest absolute Gasteiger partial charge is 0.146 e. The van der Waals surface area contributed by atoms with Crippen molar-refractivity contribution in [2.75, 3.05) is 18.0 Å². The number of nitrogens with zero attached hydrogens (tertiary/aromatic N) is 1. The summed E-state index contributed by atoms with van der Waals surface area (Å²) in [4.78, 5) is 1.99. The molecule has 2 fully saturated rings. The zero-order valence-corrected chi connectivity index (χ0v) is 12.5. The van der Waals surface area contributed by atoms with E-state index < -0.39 is 0 Å². The first-order valence-corrected chi connectivity index (χ1v) is 8.18. The second-order valence-corrected chi connectivity index (χ2v) is 6.38. The summed E-state index contributed by atoms with van der Waals surface area (Å²) in [6, 6.07) is 4.73. The van der Waals surface area contributed by atoms with Gasteiger partial charge < -0.3 is 10.2 Å². The van der Waals surface area contributed by atoms with Crippen molar-refractivity contribution in [3.05, 3.63) is 29.8 Å². The van der Waals surface area contributed by atoms with Crippen molar-refractivity contribution in [3.63, 3.8) is 0 Å². The summed E-state index contributed by atoms with van der Waals surface area (Å²) in [5.74, 6) is -0.691. The van der Waals surface area contributed by atoms with E-state index in [1.54, 1.807) is 0 Å². The molecule has 1 saturated carbocycles. The number of anilines is 1. The molecule has 1 heterocycles. The van der Waals surface area contributed by atoms with Crippen LogP contribution < -0.4 is 10.2 Å². The van der Waals surface area contributed by atoms with Crippen LogP contribution in [0.15, 0.2) is 18.2 Å². The van der Waals surface area contributed by atoms with Gasteiger partial charge in [0.15, 0.2) is 0 Å². The van der Waals surface area contributed by atoms with E-state index >= 15 is 0 Å². The van der Waals surface area contributed by atoms with Crippen LogP contribution in [0.1, 0.15) is 44.9 Å². The average molecular weight is 294 g/mol. The lowest BCUT2D eigenvalue weighted by Gasteiger charge is -2.37. The third-order valence-corrected chi connectivity index (χ3v) is 4.75. The van der Waals surface area contributed by atoms with Gasteiger partial charge in [0.05, 0.1) is 5.69 Å². The van der Waals surface area contributed by atoms with Gasteiger partial charge >= 0.3 is 0 Å². The minimum atomic E-state index is -0.367. The Kier molecular flexibility index (Phi) is 4.73. The molecule has 4 heteroatoms. The van der Waals surface area contributed by atoms with Crippen LogP contribution in [0.3, 0.4) is 0 Å². The standard InChI is InChI=1S/C17H24F2N2/c18-13-8-9-16(19)17(11-13)21-10-4-7-15(12-21)20-14-5-2-1-3-6-14/h8-9,11,14-15,20H,1-7,10,12H2. The first-order chi connectivity index (χ1) is 10.2. The van der Waals surface area contributed by atoms with Crippen LogP contribution in [0.5, 0.6) is 0 Å². The Bertz CT molecular complexity index is 472. The molecule has 1 aromatic carbocycles. The van der Waals surface area contributed by atoms with Crippen LogP contribution in [0.2, 0.25) is 0 Å². The summed E-state index contributed by atoms with van der Waals surface area (Å²) >= 11 is 0. The molecule has 1 aliphatic carbocycles. The van der Waals surface area contributed by atoms with Crippen molar-refractivity contribution in [2.24, 2.45) is 0 Å². The maximum Gasteiger partial charge on any atom is 0.146 e. The lowest BCUT2D eigenvalue weighted by atomic mass is 9.93. The first kappa shape index (κ1) is 14.8. The van der Waals surface area contributed by atoms with Crippen molar-refractivity contribution in [3.8, 4) is 0 Å². The third-order valence-electron chi connectivity index (χ3n) is 4.75. The van der Waals surface area contributed by atoms with E-state index in [2.05, 4.69) is 5.32 Å². The van der Waals surface area contributed by atoms with E-state index in [9.17, 15) is 8.78 Å². The van der Waals surface area contributed by atoms with Gasteiger partial charge in [-0.15, -0.1) is 0 Å². The SMILES string of the molecule is Fc1ccc(F)c(N2CCCC(NC3CCCCC3)C2)c1. The summed E-state index contributed by atoms with van der Waals surface area (Å²) in [5, 5.41) is 3.73. The number of piperidine rings is 1. The highest BCUT2D eigenvalue weighted by Gasteiger charge is 2.25. The molecular weight excluding hydrogens is 270 g/mol. The molecule has 0 spiro atoms. The van der Waals surface area contributed by atoms with E-state index in [-0.39, 0.29) is 11.6 Å². The van der Waals surface area contributed by atoms with Gasteiger partial charge in [0.1, 0.15) is 11.6 Å². The van der Waals surface area contributed by atoms with Gasteiger partial charge in [-0.1, -0.05) is 19.3 Å². The summed E-state index contributed by atoms with van der Waals surface area (Å²) in [5.41, 5.74) is 0.408. The quantitative estimate of drug-likeness (QED) is 0.910. The lowest BCUT2D eigenvalue weighted by Crippen LogP contribution is -2.49. The highest BCUT2D eigenvalue weighted by atomic mass is 19.1. The molecule has 0 radical (unpaired) electrons. The lowest BCUT2D eigenvalue weighted by molar-refractivity contribution is 0.312. The van der Waals surface area contributed by atoms with E-state index in [1.807, 2.05) is 4.90 Å². The Morgan fingerprint density at radius 2 is 1.71 bits per heavy atom. The van der Waals surface area contributed by atoms with Crippen LogP contribution in [0, 0.1) is 11.6 Å². The van der Waals surface area contributed by atoms with Crippen molar-refractivity contribution in [1.29, 1.82) is 0 Å². The number of benzene rings is 1. The van der Waals surface area contributed by atoms with E-state index in [0.29, 0.717) is 17.8 Å².